The fourth-order valence-electron chi connectivity index (χ4n) is 3.09. The van der Waals surface area contributed by atoms with Crippen LogP contribution in [0.2, 0.25) is 0 Å². The standard InChI is InChI=1S/C17H14FN3O2/c18-13-5-1-3-11(7-13)17(22)21-9-14-15(10-21)23-20-16(14)12-4-2-6-19-8-12/h1-8,14-15H,9-10H2. The number of nitrogens with zero attached hydrogens (tertiary/aromatic N) is 3. The second-order valence-corrected chi connectivity index (χ2v) is 5.69. The number of halogens is 1. The monoisotopic (exact) mass is 311 g/mol. The van der Waals surface area contributed by atoms with Crippen LogP contribution in [0.15, 0.2) is 53.9 Å². The maximum absolute atomic E-state index is 13.3. The van der Waals surface area contributed by atoms with Gasteiger partial charge < -0.3 is 9.74 Å². The van der Waals surface area contributed by atoms with E-state index in [4.69, 9.17) is 4.84 Å². The summed E-state index contributed by atoms with van der Waals surface area (Å²) < 4.78 is 13.3. The van der Waals surface area contributed by atoms with Crippen LogP contribution in [0.5, 0.6) is 0 Å². The molecule has 116 valence electrons. The Labute approximate surface area is 132 Å². The van der Waals surface area contributed by atoms with Crippen molar-refractivity contribution in [2.75, 3.05) is 13.1 Å². The van der Waals surface area contributed by atoms with Crippen molar-refractivity contribution in [1.29, 1.82) is 0 Å². The third-order valence-electron chi connectivity index (χ3n) is 4.22. The summed E-state index contributed by atoms with van der Waals surface area (Å²) in [4.78, 5) is 23.8. The lowest BCUT2D eigenvalue weighted by molar-refractivity contribution is 0.0631. The molecule has 6 heteroatoms. The Hall–Kier alpha value is -2.76. The summed E-state index contributed by atoms with van der Waals surface area (Å²) in [5, 5.41) is 4.15. The second kappa shape index (κ2) is 5.46. The van der Waals surface area contributed by atoms with Gasteiger partial charge >= 0.3 is 0 Å². The molecule has 2 atom stereocenters. The minimum atomic E-state index is -0.413. The number of aromatic nitrogens is 1. The predicted molar refractivity (Wildman–Crippen MR) is 81.4 cm³/mol. The number of fused-ring (bicyclic) bond motifs is 1. The molecule has 1 fully saturated rings. The van der Waals surface area contributed by atoms with Gasteiger partial charge in [0.1, 0.15) is 5.82 Å². The molecule has 0 aliphatic carbocycles. The molecule has 2 unspecified atom stereocenters. The zero-order valence-electron chi connectivity index (χ0n) is 12.2. The Kier molecular flexibility index (Phi) is 3.29. The van der Waals surface area contributed by atoms with Crippen molar-refractivity contribution in [3.63, 3.8) is 0 Å². The molecule has 0 spiro atoms. The van der Waals surface area contributed by atoms with Gasteiger partial charge in [0.25, 0.3) is 5.91 Å². The van der Waals surface area contributed by atoms with Gasteiger partial charge in [0.05, 0.1) is 18.2 Å². The van der Waals surface area contributed by atoms with Gasteiger partial charge in [-0.15, -0.1) is 0 Å². The van der Waals surface area contributed by atoms with Gasteiger partial charge in [-0.05, 0) is 30.3 Å². The zero-order valence-corrected chi connectivity index (χ0v) is 12.2. The minimum absolute atomic E-state index is 0.0247. The van der Waals surface area contributed by atoms with Gasteiger partial charge in [0.15, 0.2) is 6.10 Å². The van der Waals surface area contributed by atoms with E-state index >= 15 is 0 Å². The summed E-state index contributed by atoms with van der Waals surface area (Å²) in [6, 6.07) is 9.51. The molecule has 4 rings (SSSR count). The molecule has 0 N–H and O–H groups in total. The largest absolute Gasteiger partial charge is 0.390 e. The highest BCUT2D eigenvalue weighted by Gasteiger charge is 2.44. The molecule has 1 saturated heterocycles. The van der Waals surface area contributed by atoms with Crippen LogP contribution in [-0.4, -0.2) is 40.7 Å². The van der Waals surface area contributed by atoms with Crippen molar-refractivity contribution in [3.05, 3.63) is 65.7 Å². The first-order chi connectivity index (χ1) is 11.2. The van der Waals surface area contributed by atoms with Gasteiger partial charge in [0, 0.05) is 30.1 Å². The second-order valence-electron chi connectivity index (χ2n) is 5.69. The molecule has 0 bridgehead atoms. The van der Waals surface area contributed by atoms with Gasteiger partial charge in [-0.25, -0.2) is 4.39 Å². The number of amides is 1. The fourth-order valence-corrected chi connectivity index (χ4v) is 3.09. The molecule has 2 aliphatic rings. The first-order valence-electron chi connectivity index (χ1n) is 7.41. The Morgan fingerprint density at radius 1 is 1.26 bits per heavy atom. The van der Waals surface area contributed by atoms with E-state index in [1.54, 1.807) is 29.4 Å². The van der Waals surface area contributed by atoms with Crippen molar-refractivity contribution in [2.45, 2.75) is 6.10 Å². The number of likely N-dealkylation sites (tertiary alicyclic amines) is 1. The highest BCUT2D eigenvalue weighted by molar-refractivity contribution is 6.04. The summed E-state index contributed by atoms with van der Waals surface area (Å²) >= 11 is 0. The van der Waals surface area contributed by atoms with E-state index in [-0.39, 0.29) is 17.9 Å². The topological polar surface area (TPSA) is 54.8 Å². The molecule has 0 radical (unpaired) electrons. The van der Waals surface area contributed by atoms with Crippen LogP contribution in [0.1, 0.15) is 15.9 Å². The fraction of sp³-hybridized carbons (Fsp3) is 0.235. The number of carbonyl (C=O) groups is 1. The van der Waals surface area contributed by atoms with E-state index in [0.717, 1.165) is 11.3 Å². The Morgan fingerprint density at radius 3 is 2.96 bits per heavy atom. The lowest BCUT2D eigenvalue weighted by Gasteiger charge is -2.16. The molecule has 23 heavy (non-hydrogen) atoms. The quantitative estimate of drug-likeness (QED) is 0.853. The zero-order chi connectivity index (χ0) is 15.8. The van der Waals surface area contributed by atoms with Crippen LogP contribution in [0.25, 0.3) is 0 Å². The van der Waals surface area contributed by atoms with Crippen LogP contribution in [0.4, 0.5) is 4.39 Å². The average Bonchev–Trinajstić information content (AvgIpc) is 3.15. The summed E-state index contributed by atoms with van der Waals surface area (Å²) in [6.07, 6.45) is 3.29. The van der Waals surface area contributed by atoms with Gasteiger partial charge in [-0.3, -0.25) is 9.78 Å². The van der Waals surface area contributed by atoms with Crippen LogP contribution in [0, 0.1) is 11.7 Å². The molecule has 1 aromatic carbocycles. The lowest BCUT2D eigenvalue weighted by Crippen LogP contribution is -2.30. The third kappa shape index (κ3) is 2.46. The molecule has 2 aliphatic heterocycles. The van der Waals surface area contributed by atoms with E-state index in [0.29, 0.717) is 18.7 Å². The molecule has 2 aromatic rings. The smallest absolute Gasteiger partial charge is 0.254 e. The minimum Gasteiger partial charge on any atom is -0.390 e. The summed E-state index contributed by atoms with van der Waals surface area (Å²) in [5.41, 5.74) is 2.07. The van der Waals surface area contributed by atoms with Crippen LogP contribution >= 0.6 is 0 Å². The molecule has 3 heterocycles. The lowest BCUT2D eigenvalue weighted by atomic mass is 9.96. The van der Waals surface area contributed by atoms with E-state index < -0.39 is 5.82 Å². The van der Waals surface area contributed by atoms with Crippen molar-refractivity contribution >= 4 is 11.6 Å². The Morgan fingerprint density at radius 2 is 2.17 bits per heavy atom. The van der Waals surface area contributed by atoms with Gasteiger partial charge in [0.2, 0.25) is 0 Å². The van der Waals surface area contributed by atoms with E-state index in [9.17, 15) is 9.18 Å². The summed E-state index contributed by atoms with van der Waals surface area (Å²) in [7, 11) is 0. The SMILES string of the molecule is O=C(c1cccc(F)c1)N1CC2ON=C(c3cccnc3)C2C1. The number of oxime groups is 1. The number of benzene rings is 1. The van der Waals surface area contributed by atoms with Crippen molar-refractivity contribution in [2.24, 2.45) is 11.1 Å². The van der Waals surface area contributed by atoms with Crippen LogP contribution in [-0.2, 0) is 4.84 Å². The number of rotatable bonds is 2. The van der Waals surface area contributed by atoms with Crippen molar-refractivity contribution < 1.29 is 14.0 Å². The van der Waals surface area contributed by atoms with Crippen molar-refractivity contribution in [3.8, 4) is 0 Å². The van der Waals surface area contributed by atoms with Crippen molar-refractivity contribution in [1.82, 2.24) is 9.88 Å². The van der Waals surface area contributed by atoms with Gasteiger partial charge in [-0.1, -0.05) is 11.2 Å². The number of carbonyl (C=O) groups excluding carboxylic acids is 1. The van der Waals surface area contributed by atoms with E-state index in [1.165, 1.54) is 12.1 Å². The van der Waals surface area contributed by atoms with Gasteiger partial charge in [-0.2, -0.15) is 0 Å². The van der Waals surface area contributed by atoms with E-state index in [1.807, 2.05) is 12.1 Å². The summed E-state index contributed by atoms with van der Waals surface area (Å²) in [6.45, 7) is 0.959. The molecule has 0 saturated carbocycles. The number of hydrogen-bond acceptors (Lipinski definition) is 4. The number of hydrogen-bond donors (Lipinski definition) is 0. The average molecular weight is 311 g/mol. The molecular weight excluding hydrogens is 297 g/mol. The summed E-state index contributed by atoms with van der Waals surface area (Å²) in [5.74, 6) is -0.575. The Balaban J connectivity index is 1.54. The normalized spacial score (nSPS) is 22.5. The molecular formula is C17H14FN3O2. The number of pyridine rings is 1. The first kappa shape index (κ1) is 13.9. The third-order valence-corrected chi connectivity index (χ3v) is 4.22. The highest BCUT2D eigenvalue weighted by Crippen LogP contribution is 2.30. The highest BCUT2D eigenvalue weighted by atomic mass is 19.1. The van der Waals surface area contributed by atoms with Crippen LogP contribution in [0.3, 0.4) is 0 Å². The first-order valence-corrected chi connectivity index (χ1v) is 7.41. The predicted octanol–water partition coefficient (Wildman–Crippen LogP) is 2.10. The molecule has 5 nitrogen and oxygen atoms in total. The maximum atomic E-state index is 13.3. The molecule has 1 amide bonds. The van der Waals surface area contributed by atoms with Crippen LogP contribution < -0.4 is 0 Å². The van der Waals surface area contributed by atoms with E-state index in [2.05, 4.69) is 10.1 Å². The Bertz CT molecular complexity index is 778. The maximum Gasteiger partial charge on any atom is 0.254 e. The molecule has 1 aromatic heterocycles.